The van der Waals surface area contributed by atoms with Crippen LogP contribution in [0, 0.1) is 5.92 Å². The number of allylic oxidation sites excluding steroid dienone is 2. The molecule has 0 radical (unpaired) electrons. The summed E-state index contributed by atoms with van der Waals surface area (Å²) in [6.45, 7) is 0.854. The van der Waals surface area contributed by atoms with Gasteiger partial charge >= 0.3 is 8.25 Å². The fourth-order valence-electron chi connectivity index (χ4n) is 0.866. The van der Waals surface area contributed by atoms with Gasteiger partial charge < -0.3 is 5.73 Å². The first-order valence-electron chi connectivity index (χ1n) is 3.37. The summed E-state index contributed by atoms with van der Waals surface area (Å²) in [5.41, 5.74) is 5.39. The van der Waals surface area contributed by atoms with Gasteiger partial charge in [-0.15, -0.1) is 9.79 Å². The molecule has 0 bridgehead atoms. The molecular formula is C6H13NO3P+. The first-order chi connectivity index (χ1) is 5.16. The van der Waals surface area contributed by atoms with Crippen LogP contribution in [0.1, 0.15) is 12.8 Å². The molecule has 5 heteroatoms. The molecule has 1 aliphatic carbocycles. The third-order valence-electron chi connectivity index (χ3n) is 1.44. The predicted molar refractivity (Wildman–Crippen MR) is 43.0 cm³/mol. The van der Waals surface area contributed by atoms with E-state index in [0.717, 1.165) is 12.5 Å². The standard InChI is InChI=1S/C6H11N.HO3P/c7-5-6-3-1-2-4-6;1-4(2)3/h1-2,6H,3-5,7H2;(H-,1,2,3)/p+1. The fraction of sp³-hybridized carbons (Fsp3) is 0.667. The highest BCUT2D eigenvalue weighted by molar-refractivity contribution is 7.30. The molecule has 0 atom stereocenters. The summed E-state index contributed by atoms with van der Waals surface area (Å²) in [6.07, 6.45) is 6.82. The van der Waals surface area contributed by atoms with Gasteiger partial charge in [0.15, 0.2) is 0 Å². The van der Waals surface area contributed by atoms with E-state index in [-0.39, 0.29) is 0 Å². The van der Waals surface area contributed by atoms with Crippen LogP contribution < -0.4 is 5.73 Å². The van der Waals surface area contributed by atoms with Gasteiger partial charge in [0.05, 0.1) is 0 Å². The van der Waals surface area contributed by atoms with Crippen molar-refractivity contribution in [1.29, 1.82) is 0 Å². The van der Waals surface area contributed by atoms with Gasteiger partial charge in [-0.05, 0) is 25.3 Å². The van der Waals surface area contributed by atoms with E-state index in [0.29, 0.717) is 0 Å². The lowest BCUT2D eigenvalue weighted by atomic mass is 10.1. The highest BCUT2D eigenvalue weighted by atomic mass is 31.1. The maximum atomic E-state index is 8.70. The van der Waals surface area contributed by atoms with Crippen LogP contribution in [0.3, 0.4) is 0 Å². The molecule has 0 aromatic carbocycles. The van der Waals surface area contributed by atoms with E-state index in [4.69, 9.17) is 20.1 Å². The topological polar surface area (TPSA) is 83.6 Å². The lowest BCUT2D eigenvalue weighted by Gasteiger charge is -2.00. The largest absolute Gasteiger partial charge is 0.692 e. The normalized spacial score (nSPS) is 15.9. The summed E-state index contributed by atoms with van der Waals surface area (Å²) in [4.78, 5) is 14.2. The van der Waals surface area contributed by atoms with Crippen LogP contribution in [0.15, 0.2) is 12.2 Å². The van der Waals surface area contributed by atoms with E-state index in [1.165, 1.54) is 12.8 Å². The molecule has 11 heavy (non-hydrogen) atoms. The zero-order chi connectivity index (χ0) is 8.69. The molecule has 0 amide bonds. The molecule has 0 saturated heterocycles. The van der Waals surface area contributed by atoms with Crippen LogP contribution >= 0.6 is 8.25 Å². The molecule has 0 aliphatic heterocycles. The predicted octanol–water partition coefficient (Wildman–Crippen LogP) is 0.540. The Labute approximate surface area is 66.7 Å². The van der Waals surface area contributed by atoms with Crippen molar-refractivity contribution in [2.75, 3.05) is 6.54 Å². The van der Waals surface area contributed by atoms with Crippen molar-refractivity contribution < 1.29 is 14.4 Å². The van der Waals surface area contributed by atoms with Gasteiger partial charge in [0, 0.05) is 4.57 Å². The van der Waals surface area contributed by atoms with Gasteiger partial charge in [-0.3, -0.25) is 0 Å². The Hall–Kier alpha value is -0.280. The second kappa shape index (κ2) is 6.43. The molecule has 1 aliphatic rings. The SMILES string of the molecule is NCC1CC=CC1.O=[P+](O)O. The molecule has 0 unspecified atom stereocenters. The average Bonchev–Trinajstić information content (AvgIpc) is 2.36. The third kappa shape index (κ3) is 7.62. The second-order valence-corrected chi connectivity index (χ2v) is 2.80. The minimum absolute atomic E-state index is 0.764. The Morgan fingerprint density at radius 2 is 1.82 bits per heavy atom. The van der Waals surface area contributed by atoms with Crippen molar-refractivity contribution in [3.63, 3.8) is 0 Å². The van der Waals surface area contributed by atoms with Gasteiger partial charge in [0.25, 0.3) is 0 Å². The summed E-state index contributed by atoms with van der Waals surface area (Å²) in [5, 5.41) is 0. The third-order valence-corrected chi connectivity index (χ3v) is 1.44. The van der Waals surface area contributed by atoms with Crippen molar-refractivity contribution in [3.8, 4) is 0 Å². The fourth-order valence-corrected chi connectivity index (χ4v) is 0.866. The van der Waals surface area contributed by atoms with Crippen molar-refractivity contribution in [3.05, 3.63) is 12.2 Å². The van der Waals surface area contributed by atoms with E-state index in [1.54, 1.807) is 0 Å². The first kappa shape index (κ1) is 10.7. The first-order valence-corrected chi connectivity index (χ1v) is 4.53. The molecule has 0 saturated carbocycles. The van der Waals surface area contributed by atoms with Crippen molar-refractivity contribution in [2.24, 2.45) is 11.7 Å². The molecule has 0 spiro atoms. The Morgan fingerprint density at radius 3 is 2.00 bits per heavy atom. The summed E-state index contributed by atoms with van der Waals surface area (Å²) >= 11 is 0. The minimum atomic E-state index is -2.87. The lowest BCUT2D eigenvalue weighted by Crippen LogP contribution is -2.09. The number of hydrogen-bond donors (Lipinski definition) is 3. The highest BCUT2D eigenvalue weighted by Crippen LogP contribution is 2.14. The molecule has 64 valence electrons. The quantitative estimate of drug-likeness (QED) is 0.404. The van der Waals surface area contributed by atoms with Crippen LogP contribution in [0.2, 0.25) is 0 Å². The second-order valence-electron chi connectivity index (χ2n) is 2.30. The molecule has 4 N–H and O–H groups in total. The van der Waals surface area contributed by atoms with Crippen LogP contribution in [0.4, 0.5) is 0 Å². The Balaban J connectivity index is 0.000000218. The van der Waals surface area contributed by atoms with Gasteiger partial charge in [0.2, 0.25) is 0 Å². The van der Waals surface area contributed by atoms with Gasteiger partial charge in [-0.25, -0.2) is 0 Å². The van der Waals surface area contributed by atoms with Crippen LogP contribution in [-0.4, -0.2) is 16.3 Å². The van der Waals surface area contributed by atoms with E-state index >= 15 is 0 Å². The number of nitrogens with two attached hydrogens (primary N) is 1. The Morgan fingerprint density at radius 1 is 1.45 bits per heavy atom. The molecule has 4 nitrogen and oxygen atoms in total. The molecular weight excluding hydrogens is 165 g/mol. The van der Waals surface area contributed by atoms with E-state index in [2.05, 4.69) is 12.2 Å². The summed E-state index contributed by atoms with van der Waals surface area (Å²) in [5.74, 6) is 0.764. The summed E-state index contributed by atoms with van der Waals surface area (Å²) in [6, 6.07) is 0. The van der Waals surface area contributed by atoms with E-state index in [9.17, 15) is 0 Å². The monoisotopic (exact) mass is 178 g/mol. The van der Waals surface area contributed by atoms with Gasteiger partial charge in [-0.2, -0.15) is 0 Å². The Kier molecular flexibility index (Phi) is 6.27. The van der Waals surface area contributed by atoms with Gasteiger partial charge in [0.1, 0.15) is 0 Å². The molecule has 0 heterocycles. The zero-order valence-electron chi connectivity index (χ0n) is 6.18. The highest BCUT2D eigenvalue weighted by Gasteiger charge is 2.05. The molecule has 1 rings (SSSR count). The molecule has 0 aromatic heterocycles. The number of rotatable bonds is 1. The van der Waals surface area contributed by atoms with Crippen LogP contribution in [0.25, 0.3) is 0 Å². The minimum Gasteiger partial charge on any atom is -0.330 e. The summed E-state index contributed by atoms with van der Waals surface area (Å²) < 4.78 is 8.70. The van der Waals surface area contributed by atoms with Crippen molar-refractivity contribution >= 4 is 8.25 Å². The average molecular weight is 178 g/mol. The maximum absolute atomic E-state index is 8.70. The van der Waals surface area contributed by atoms with E-state index in [1.807, 2.05) is 0 Å². The Bertz CT molecular complexity index is 137. The molecule has 0 fully saturated rings. The van der Waals surface area contributed by atoms with Gasteiger partial charge in [-0.1, -0.05) is 12.2 Å². The lowest BCUT2D eigenvalue weighted by molar-refractivity contribution is 0.405. The maximum Gasteiger partial charge on any atom is 0.692 e. The summed E-state index contributed by atoms with van der Waals surface area (Å²) in [7, 11) is -2.87. The smallest absolute Gasteiger partial charge is 0.330 e. The molecule has 0 aromatic rings. The van der Waals surface area contributed by atoms with Crippen molar-refractivity contribution in [2.45, 2.75) is 12.8 Å². The zero-order valence-corrected chi connectivity index (χ0v) is 7.08. The van der Waals surface area contributed by atoms with E-state index < -0.39 is 8.25 Å². The van der Waals surface area contributed by atoms with Crippen LogP contribution in [-0.2, 0) is 4.57 Å². The number of hydrogen-bond acceptors (Lipinski definition) is 2. The van der Waals surface area contributed by atoms with Crippen LogP contribution in [0.5, 0.6) is 0 Å². The van der Waals surface area contributed by atoms with Crippen molar-refractivity contribution in [1.82, 2.24) is 0 Å².